The number of nitrogens with two attached hydrogens (primary N) is 1. The van der Waals surface area contributed by atoms with Crippen molar-refractivity contribution in [3.63, 3.8) is 0 Å². The molecule has 3 nitrogen and oxygen atoms in total. The summed E-state index contributed by atoms with van der Waals surface area (Å²) in [5.74, 6) is 0.223. The fraction of sp³-hybridized carbons (Fsp3) is 0.333. The second-order valence-corrected chi connectivity index (χ2v) is 2.88. The van der Waals surface area contributed by atoms with Gasteiger partial charge in [-0.3, -0.25) is 0 Å². The molecule has 3 N–H and O–H groups in total. The van der Waals surface area contributed by atoms with Gasteiger partial charge in [0, 0.05) is 0 Å². The monoisotopic (exact) mass is 203 g/mol. The molecule has 0 amide bonds. The quantitative estimate of drug-likeness (QED) is 0.718. The molecule has 1 aromatic carbocycles. The van der Waals surface area contributed by atoms with Gasteiger partial charge in [0.1, 0.15) is 0 Å². The summed E-state index contributed by atoms with van der Waals surface area (Å²) in [7, 11) is 1.50. The van der Waals surface area contributed by atoms with Crippen molar-refractivity contribution >= 4 is 11.1 Å². The first-order chi connectivity index (χ1) is 5.79. The number of hydrogen-bond donors (Lipinski definition) is 2. The van der Waals surface area contributed by atoms with Crippen LogP contribution in [-0.4, -0.2) is 15.8 Å². The minimum Gasteiger partial charge on any atom is -0.333 e. The molecule has 0 aromatic heterocycles. The zero-order chi connectivity index (χ0) is 9.40. The molecule has 4 heteroatoms. The Morgan fingerprint density at radius 3 is 2.15 bits per heavy atom. The van der Waals surface area contributed by atoms with Crippen LogP contribution in [0.15, 0.2) is 30.3 Å². The predicted octanol–water partition coefficient (Wildman–Crippen LogP) is 1.62. The van der Waals surface area contributed by atoms with Crippen molar-refractivity contribution in [2.24, 2.45) is 5.73 Å². The predicted molar refractivity (Wildman–Crippen MR) is 57.8 cm³/mol. The van der Waals surface area contributed by atoms with Crippen LogP contribution in [0.3, 0.4) is 0 Å². The molecule has 0 aliphatic heterocycles. The van der Waals surface area contributed by atoms with Gasteiger partial charge in [-0.15, -0.1) is 0 Å². The van der Waals surface area contributed by atoms with E-state index in [0.717, 1.165) is 5.56 Å². The third-order valence-corrected chi connectivity index (χ3v) is 1.71. The third-order valence-electron chi connectivity index (χ3n) is 1.13. The Morgan fingerprint density at radius 2 is 1.77 bits per heavy atom. The molecule has 1 unspecified atom stereocenters. The summed E-state index contributed by atoms with van der Waals surface area (Å²) in [4.78, 5) is 0. The van der Waals surface area contributed by atoms with Gasteiger partial charge in [-0.2, -0.15) is 0 Å². The Labute approximate surface area is 82.3 Å². The summed E-state index contributed by atoms with van der Waals surface area (Å²) in [5, 5.41) is 0. The van der Waals surface area contributed by atoms with E-state index in [9.17, 15) is 4.21 Å². The number of rotatable bonds is 2. The molecule has 76 valence electrons. The smallest absolute Gasteiger partial charge is 0.157 e. The lowest BCUT2D eigenvalue weighted by atomic mass is 10.2. The maximum absolute atomic E-state index is 10.3. The lowest BCUT2D eigenvalue weighted by Crippen LogP contribution is -1.91. The average Bonchev–Trinajstić information content (AvgIpc) is 2.08. The summed E-state index contributed by atoms with van der Waals surface area (Å²) in [5.41, 5.74) is 5.39. The standard InChI is InChI=1S/C7H8O2S.CH5N.CH4/c8-10(9)6-7-4-2-1-3-5-7;1-2;/h1-5H,6H2,(H,8,9);2H2,1H3;1H4. The highest BCUT2D eigenvalue weighted by atomic mass is 32.2. The maximum Gasteiger partial charge on any atom is 0.157 e. The average molecular weight is 203 g/mol. The van der Waals surface area contributed by atoms with Gasteiger partial charge in [0.15, 0.2) is 11.1 Å². The fourth-order valence-electron chi connectivity index (χ4n) is 0.717. The molecule has 0 saturated heterocycles. The Bertz CT molecular complexity index is 226. The van der Waals surface area contributed by atoms with E-state index in [4.69, 9.17) is 4.55 Å². The molecule has 13 heavy (non-hydrogen) atoms. The van der Waals surface area contributed by atoms with Crippen LogP contribution in [-0.2, 0) is 16.8 Å². The maximum atomic E-state index is 10.3. The summed E-state index contributed by atoms with van der Waals surface area (Å²) in [6.07, 6.45) is 0. The molecule has 0 saturated carbocycles. The van der Waals surface area contributed by atoms with E-state index < -0.39 is 11.1 Å². The molecule has 1 atom stereocenters. The van der Waals surface area contributed by atoms with Crippen LogP contribution in [0, 0.1) is 0 Å². The van der Waals surface area contributed by atoms with Crippen LogP contribution in [0.1, 0.15) is 13.0 Å². The summed E-state index contributed by atoms with van der Waals surface area (Å²) < 4.78 is 18.8. The highest BCUT2D eigenvalue weighted by Crippen LogP contribution is 2.00. The van der Waals surface area contributed by atoms with Crippen LogP contribution in [0.2, 0.25) is 0 Å². The molecular formula is C9H17NO2S. The van der Waals surface area contributed by atoms with Gasteiger partial charge in [0.2, 0.25) is 0 Å². The highest BCUT2D eigenvalue weighted by molar-refractivity contribution is 7.78. The van der Waals surface area contributed by atoms with Crippen molar-refractivity contribution in [3.05, 3.63) is 35.9 Å². The summed E-state index contributed by atoms with van der Waals surface area (Å²) in [6.45, 7) is 0. The zero-order valence-corrected chi connectivity index (χ0v) is 7.75. The van der Waals surface area contributed by atoms with Crippen molar-refractivity contribution < 1.29 is 8.76 Å². The van der Waals surface area contributed by atoms with Crippen LogP contribution < -0.4 is 5.73 Å². The molecule has 0 bridgehead atoms. The third kappa shape index (κ3) is 7.64. The first kappa shape index (κ1) is 14.8. The normalized spacial score (nSPS) is 10.4. The van der Waals surface area contributed by atoms with Crippen molar-refractivity contribution in [1.29, 1.82) is 0 Å². The van der Waals surface area contributed by atoms with Gasteiger partial charge in [0.05, 0.1) is 5.75 Å². The van der Waals surface area contributed by atoms with E-state index in [0.29, 0.717) is 0 Å². The summed E-state index contributed by atoms with van der Waals surface area (Å²) in [6, 6.07) is 9.23. The number of hydrogen-bond acceptors (Lipinski definition) is 2. The Hall–Kier alpha value is -0.710. The molecular weight excluding hydrogens is 186 g/mol. The minimum absolute atomic E-state index is 0. The van der Waals surface area contributed by atoms with E-state index in [2.05, 4.69) is 5.73 Å². The van der Waals surface area contributed by atoms with Gasteiger partial charge < -0.3 is 10.3 Å². The topological polar surface area (TPSA) is 63.3 Å². The van der Waals surface area contributed by atoms with Crippen LogP contribution in [0.4, 0.5) is 0 Å². The molecule has 0 aliphatic rings. The van der Waals surface area contributed by atoms with Crippen LogP contribution in [0.25, 0.3) is 0 Å². The van der Waals surface area contributed by atoms with E-state index in [-0.39, 0.29) is 13.2 Å². The van der Waals surface area contributed by atoms with Gasteiger partial charge in [-0.25, -0.2) is 4.21 Å². The number of benzene rings is 1. The Kier molecular flexibility index (Phi) is 10.7. The molecule has 0 spiro atoms. The van der Waals surface area contributed by atoms with Crippen LogP contribution in [0.5, 0.6) is 0 Å². The van der Waals surface area contributed by atoms with Crippen molar-refractivity contribution in [1.82, 2.24) is 0 Å². The van der Waals surface area contributed by atoms with E-state index in [1.165, 1.54) is 7.05 Å². The molecule has 0 aliphatic carbocycles. The van der Waals surface area contributed by atoms with Gasteiger partial charge in [-0.05, 0) is 12.6 Å². The molecule has 1 rings (SSSR count). The fourth-order valence-corrected chi connectivity index (χ4v) is 1.19. The molecule has 0 radical (unpaired) electrons. The SMILES string of the molecule is C.CN.O=S(O)Cc1ccccc1. The second kappa shape index (κ2) is 9.38. The Balaban J connectivity index is 0. The van der Waals surface area contributed by atoms with Crippen molar-refractivity contribution in [2.75, 3.05) is 7.05 Å². The Morgan fingerprint density at radius 1 is 1.31 bits per heavy atom. The van der Waals surface area contributed by atoms with E-state index >= 15 is 0 Å². The van der Waals surface area contributed by atoms with E-state index in [1.807, 2.05) is 30.3 Å². The van der Waals surface area contributed by atoms with Gasteiger partial charge in [-0.1, -0.05) is 37.8 Å². The first-order valence-electron chi connectivity index (χ1n) is 3.48. The molecule has 0 fully saturated rings. The first-order valence-corrected chi connectivity index (χ1v) is 4.76. The second-order valence-electron chi connectivity index (χ2n) is 1.95. The lowest BCUT2D eigenvalue weighted by molar-refractivity contribution is 0.563. The van der Waals surface area contributed by atoms with Crippen molar-refractivity contribution in [3.8, 4) is 0 Å². The van der Waals surface area contributed by atoms with Gasteiger partial charge in [0.25, 0.3) is 0 Å². The lowest BCUT2D eigenvalue weighted by Gasteiger charge is -1.93. The largest absolute Gasteiger partial charge is 0.333 e. The molecule has 1 aromatic rings. The summed E-state index contributed by atoms with van der Waals surface area (Å²) >= 11 is -1.72. The minimum atomic E-state index is -1.72. The van der Waals surface area contributed by atoms with Crippen LogP contribution >= 0.6 is 0 Å². The molecule has 0 heterocycles. The van der Waals surface area contributed by atoms with Gasteiger partial charge >= 0.3 is 0 Å². The van der Waals surface area contributed by atoms with E-state index in [1.54, 1.807) is 0 Å². The van der Waals surface area contributed by atoms with Crippen molar-refractivity contribution in [2.45, 2.75) is 13.2 Å². The highest BCUT2D eigenvalue weighted by Gasteiger charge is 1.93. The zero-order valence-electron chi connectivity index (χ0n) is 6.93.